The molecule has 1 N–H and O–H groups in total. The van der Waals surface area contributed by atoms with Gasteiger partial charge in [-0.05, 0) is 6.07 Å². The van der Waals surface area contributed by atoms with Gasteiger partial charge in [0, 0.05) is 12.0 Å². The third kappa shape index (κ3) is 1.36. The van der Waals surface area contributed by atoms with Gasteiger partial charge >= 0.3 is 0 Å². The summed E-state index contributed by atoms with van der Waals surface area (Å²) in [6.07, 6.45) is 0. The van der Waals surface area contributed by atoms with Crippen molar-refractivity contribution >= 4 is 11.0 Å². The molecule has 74 valence electrons. The summed E-state index contributed by atoms with van der Waals surface area (Å²) in [5, 5.41) is 0. The predicted octanol–water partition coefficient (Wildman–Crippen LogP) is 2.96. The number of hydrogen-bond donors (Lipinski definition) is 1. The fourth-order valence-electron chi connectivity index (χ4n) is 1.33. The van der Waals surface area contributed by atoms with E-state index in [1.807, 2.05) is 13.8 Å². The smallest absolute Gasteiger partial charge is 0.153 e. The molecule has 2 nitrogen and oxygen atoms in total. The van der Waals surface area contributed by atoms with Crippen molar-refractivity contribution < 1.29 is 8.78 Å². The summed E-state index contributed by atoms with van der Waals surface area (Å²) in [6.45, 7) is 3.87. The number of aromatic amines is 1. The molecule has 0 bridgehead atoms. The highest BCUT2D eigenvalue weighted by Crippen LogP contribution is 2.20. The number of benzene rings is 1. The summed E-state index contributed by atoms with van der Waals surface area (Å²) in [6, 6.07) is 2.09. The van der Waals surface area contributed by atoms with Crippen molar-refractivity contribution in [3.63, 3.8) is 0 Å². The molecule has 0 saturated heterocycles. The monoisotopic (exact) mass is 196 g/mol. The number of fused-ring (bicyclic) bond motifs is 1. The molecule has 1 aromatic carbocycles. The van der Waals surface area contributed by atoms with Crippen LogP contribution in [-0.2, 0) is 0 Å². The van der Waals surface area contributed by atoms with Crippen LogP contribution in [0.15, 0.2) is 12.1 Å². The van der Waals surface area contributed by atoms with Gasteiger partial charge in [-0.1, -0.05) is 13.8 Å². The number of halogens is 2. The molecular weight excluding hydrogens is 186 g/mol. The van der Waals surface area contributed by atoms with E-state index in [4.69, 9.17) is 0 Å². The average molecular weight is 196 g/mol. The molecule has 0 saturated carbocycles. The minimum atomic E-state index is -0.622. The Balaban J connectivity index is 2.70. The van der Waals surface area contributed by atoms with Crippen molar-refractivity contribution in [2.24, 2.45) is 0 Å². The summed E-state index contributed by atoms with van der Waals surface area (Å²) in [7, 11) is 0. The molecule has 0 aliphatic carbocycles. The summed E-state index contributed by atoms with van der Waals surface area (Å²) in [4.78, 5) is 6.94. The Labute approximate surface area is 80.0 Å². The number of H-pyrrole nitrogens is 1. The first-order valence-electron chi connectivity index (χ1n) is 4.42. The third-order valence-corrected chi connectivity index (χ3v) is 2.07. The van der Waals surface area contributed by atoms with Crippen molar-refractivity contribution in [1.82, 2.24) is 9.97 Å². The Morgan fingerprint density at radius 2 is 2.00 bits per heavy atom. The van der Waals surface area contributed by atoms with E-state index in [0.29, 0.717) is 11.3 Å². The van der Waals surface area contributed by atoms with Crippen molar-refractivity contribution in [3.05, 3.63) is 29.6 Å². The minimum Gasteiger partial charge on any atom is -0.342 e. The number of aromatic nitrogens is 2. The Kier molecular flexibility index (Phi) is 1.98. The predicted molar refractivity (Wildman–Crippen MR) is 50.1 cm³/mol. The molecule has 0 atom stereocenters. The van der Waals surface area contributed by atoms with Gasteiger partial charge in [-0.2, -0.15) is 0 Å². The van der Waals surface area contributed by atoms with Crippen LogP contribution in [0.4, 0.5) is 8.78 Å². The number of nitrogens with zero attached hydrogens (tertiary/aromatic N) is 1. The molecule has 4 heteroatoms. The van der Waals surface area contributed by atoms with Crippen LogP contribution in [-0.4, -0.2) is 9.97 Å². The van der Waals surface area contributed by atoms with E-state index in [9.17, 15) is 8.78 Å². The van der Waals surface area contributed by atoms with Gasteiger partial charge in [0.05, 0.1) is 5.52 Å². The van der Waals surface area contributed by atoms with Gasteiger partial charge in [0.2, 0.25) is 0 Å². The molecule has 0 unspecified atom stereocenters. The maximum atomic E-state index is 13.2. The van der Waals surface area contributed by atoms with Crippen molar-refractivity contribution in [1.29, 1.82) is 0 Å². The molecule has 0 amide bonds. The molecule has 0 spiro atoms. The Morgan fingerprint density at radius 1 is 1.29 bits per heavy atom. The lowest BCUT2D eigenvalue weighted by Crippen LogP contribution is -1.88. The lowest BCUT2D eigenvalue weighted by molar-refractivity contribution is 0.590. The Hall–Kier alpha value is -1.45. The lowest BCUT2D eigenvalue weighted by atomic mass is 10.2. The van der Waals surface area contributed by atoms with E-state index >= 15 is 0 Å². The van der Waals surface area contributed by atoms with Crippen LogP contribution in [0.25, 0.3) is 11.0 Å². The van der Waals surface area contributed by atoms with Crippen LogP contribution >= 0.6 is 0 Å². The fraction of sp³-hybridized carbons (Fsp3) is 0.300. The first-order chi connectivity index (χ1) is 6.58. The van der Waals surface area contributed by atoms with E-state index in [0.717, 1.165) is 6.07 Å². The van der Waals surface area contributed by atoms with Crippen LogP contribution in [0.1, 0.15) is 25.6 Å². The van der Waals surface area contributed by atoms with Gasteiger partial charge in [0.1, 0.15) is 17.2 Å². The molecule has 2 aromatic rings. The highest BCUT2D eigenvalue weighted by Gasteiger charge is 2.11. The van der Waals surface area contributed by atoms with Gasteiger partial charge in [0.25, 0.3) is 0 Å². The third-order valence-electron chi connectivity index (χ3n) is 2.07. The quantitative estimate of drug-likeness (QED) is 0.746. The molecule has 1 heterocycles. The lowest BCUT2D eigenvalue weighted by Gasteiger charge is -1.95. The number of hydrogen-bond acceptors (Lipinski definition) is 1. The van der Waals surface area contributed by atoms with E-state index in [2.05, 4.69) is 9.97 Å². The average Bonchev–Trinajstić information content (AvgIpc) is 2.47. The topological polar surface area (TPSA) is 28.7 Å². The molecule has 0 aliphatic heterocycles. The summed E-state index contributed by atoms with van der Waals surface area (Å²) >= 11 is 0. The molecule has 14 heavy (non-hydrogen) atoms. The van der Waals surface area contributed by atoms with Crippen LogP contribution in [0.3, 0.4) is 0 Å². The van der Waals surface area contributed by atoms with Crippen molar-refractivity contribution in [3.8, 4) is 0 Å². The summed E-state index contributed by atoms with van der Waals surface area (Å²) < 4.78 is 26.0. The normalized spacial score (nSPS) is 11.5. The summed E-state index contributed by atoms with van der Waals surface area (Å²) in [5.41, 5.74) is 0.612. The summed E-state index contributed by atoms with van der Waals surface area (Å²) in [5.74, 6) is -0.369. The van der Waals surface area contributed by atoms with E-state index in [1.165, 1.54) is 6.07 Å². The maximum absolute atomic E-state index is 13.2. The second kappa shape index (κ2) is 3.04. The van der Waals surface area contributed by atoms with Gasteiger partial charge < -0.3 is 4.98 Å². The second-order valence-electron chi connectivity index (χ2n) is 3.56. The standard InChI is InChI=1S/C10H10F2N2/c1-5(2)10-13-8-4-6(11)3-7(12)9(8)14-10/h3-5H,1-2H3,(H,13,14). The Morgan fingerprint density at radius 3 is 2.64 bits per heavy atom. The first-order valence-corrected chi connectivity index (χ1v) is 4.42. The highest BCUT2D eigenvalue weighted by molar-refractivity contribution is 5.75. The number of imidazole rings is 1. The van der Waals surface area contributed by atoms with Crippen molar-refractivity contribution in [2.75, 3.05) is 0 Å². The van der Waals surface area contributed by atoms with E-state index < -0.39 is 11.6 Å². The first kappa shape index (κ1) is 9.12. The van der Waals surface area contributed by atoms with Gasteiger partial charge in [0.15, 0.2) is 5.82 Å². The largest absolute Gasteiger partial charge is 0.342 e. The number of rotatable bonds is 1. The second-order valence-corrected chi connectivity index (χ2v) is 3.56. The zero-order valence-corrected chi connectivity index (χ0v) is 7.94. The molecule has 0 radical (unpaired) electrons. The van der Waals surface area contributed by atoms with Crippen LogP contribution < -0.4 is 0 Å². The fourth-order valence-corrected chi connectivity index (χ4v) is 1.33. The molecule has 2 rings (SSSR count). The number of nitrogens with one attached hydrogen (secondary N) is 1. The molecule has 0 aliphatic rings. The Bertz CT molecular complexity index is 474. The molecule has 1 aromatic heterocycles. The van der Waals surface area contributed by atoms with Gasteiger partial charge in [-0.15, -0.1) is 0 Å². The zero-order chi connectivity index (χ0) is 10.3. The van der Waals surface area contributed by atoms with E-state index in [-0.39, 0.29) is 11.4 Å². The van der Waals surface area contributed by atoms with Gasteiger partial charge in [-0.3, -0.25) is 0 Å². The van der Waals surface area contributed by atoms with E-state index in [1.54, 1.807) is 0 Å². The van der Waals surface area contributed by atoms with Crippen LogP contribution in [0.5, 0.6) is 0 Å². The molecule has 0 fully saturated rings. The van der Waals surface area contributed by atoms with Crippen LogP contribution in [0, 0.1) is 11.6 Å². The van der Waals surface area contributed by atoms with Crippen LogP contribution in [0.2, 0.25) is 0 Å². The van der Waals surface area contributed by atoms with Crippen molar-refractivity contribution in [2.45, 2.75) is 19.8 Å². The maximum Gasteiger partial charge on any atom is 0.153 e. The zero-order valence-electron chi connectivity index (χ0n) is 7.94. The minimum absolute atomic E-state index is 0.171. The highest BCUT2D eigenvalue weighted by atomic mass is 19.1. The SMILES string of the molecule is CC(C)c1nc2c(F)cc(F)cc2[nH]1. The van der Waals surface area contributed by atoms with Gasteiger partial charge in [-0.25, -0.2) is 13.8 Å². The molecular formula is C10H10F2N2.